The molecule has 0 radical (unpaired) electrons. The van der Waals surface area contributed by atoms with Crippen LogP contribution in [-0.4, -0.2) is 29.3 Å². The van der Waals surface area contributed by atoms with Gasteiger partial charge in [-0.25, -0.2) is 4.79 Å². The number of hydrogen-bond donors (Lipinski definition) is 1. The molecular formula is C18H20O5. The fourth-order valence-electron chi connectivity index (χ4n) is 3.29. The van der Waals surface area contributed by atoms with E-state index >= 15 is 0 Å². The maximum absolute atomic E-state index is 12.4. The van der Waals surface area contributed by atoms with E-state index in [1.54, 1.807) is 6.92 Å². The number of esters is 1. The molecule has 1 aliphatic heterocycles. The second-order valence-electron chi connectivity index (χ2n) is 5.89. The third-order valence-electron chi connectivity index (χ3n) is 4.33. The average molecular weight is 316 g/mol. The SMILES string of the molecule is CCOC(=O)C1(O)C[C@H](c2ccccc2)C2=C(CCCC2=O)O1. The van der Waals surface area contributed by atoms with E-state index in [0.29, 0.717) is 30.6 Å². The van der Waals surface area contributed by atoms with Gasteiger partial charge in [0.25, 0.3) is 0 Å². The van der Waals surface area contributed by atoms with Gasteiger partial charge in [-0.15, -0.1) is 0 Å². The lowest BCUT2D eigenvalue weighted by molar-refractivity contribution is -0.224. The van der Waals surface area contributed by atoms with Gasteiger partial charge in [0, 0.05) is 30.8 Å². The molecular weight excluding hydrogens is 296 g/mol. The number of ketones is 1. The molecule has 1 aromatic carbocycles. The van der Waals surface area contributed by atoms with Gasteiger partial charge in [-0.1, -0.05) is 30.3 Å². The lowest BCUT2D eigenvalue weighted by Gasteiger charge is -2.39. The van der Waals surface area contributed by atoms with Crippen LogP contribution in [0.5, 0.6) is 0 Å². The summed E-state index contributed by atoms with van der Waals surface area (Å²) >= 11 is 0. The number of carbonyl (C=O) groups excluding carboxylic acids is 2. The van der Waals surface area contributed by atoms with E-state index in [1.165, 1.54) is 0 Å². The van der Waals surface area contributed by atoms with Crippen LogP contribution in [0.15, 0.2) is 41.7 Å². The number of allylic oxidation sites excluding steroid dienone is 2. The Balaban J connectivity index is 2.04. The van der Waals surface area contributed by atoms with Gasteiger partial charge < -0.3 is 14.6 Å². The van der Waals surface area contributed by atoms with Gasteiger partial charge in [0.2, 0.25) is 0 Å². The standard InChI is InChI=1S/C18H20O5/c1-2-22-17(20)18(21)11-13(12-7-4-3-5-8-12)16-14(19)9-6-10-15(16)23-18/h3-5,7-8,13,21H,2,6,9-11H2,1H3/t13-,18?/m1/s1. The van der Waals surface area contributed by atoms with Crippen molar-refractivity contribution in [3.63, 3.8) is 0 Å². The molecule has 1 heterocycles. The monoisotopic (exact) mass is 316 g/mol. The van der Waals surface area contributed by atoms with Crippen LogP contribution in [0.2, 0.25) is 0 Å². The maximum Gasteiger partial charge on any atom is 0.379 e. The van der Waals surface area contributed by atoms with Crippen LogP contribution < -0.4 is 0 Å². The van der Waals surface area contributed by atoms with Gasteiger partial charge in [0.15, 0.2) is 5.78 Å². The Bertz CT molecular complexity index is 649. The van der Waals surface area contributed by atoms with Crippen molar-refractivity contribution in [2.24, 2.45) is 0 Å². The first-order valence-electron chi connectivity index (χ1n) is 7.95. The zero-order chi connectivity index (χ0) is 16.4. The summed E-state index contributed by atoms with van der Waals surface area (Å²) in [7, 11) is 0. The van der Waals surface area contributed by atoms with E-state index < -0.39 is 11.8 Å². The molecule has 2 aliphatic rings. The molecule has 2 atom stereocenters. The van der Waals surface area contributed by atoms with E-state index in [4.69, 9.17) is 9.47 Å². The number of benzene rings is 1. The average Bonchev–Trinajstić information content (AvgIpc) is 2.55. The van der Waals surface area contributed by atoms with Crippen LogP contribution in [0.4, 0.5) is 0 Å². The van der Waals surface area contributed by atoms with E-state index in [0.717, 1.165) is 5.56 Å². The highest BCUT2D eigenvalue weighted by Gasteiger charge is 2.50. The van der Waals surface area contributed by atoms with Crippen LogP contribution in [-0.2, 0) is 19.1 Å². The molecule has 0 saturated carbocycles. The second-order valence-corrected chi connectivity index (χ2v) is 5.89. The quantitative estimate of drug-likeness (QED) is 0.867. The molecule has 3 rings (SSSR count). The van der Waals surface area contributed by atoms with Crippen LogP contribution in [0.1, 0.15) is 44.1 Å². The Kier molecular flexibility index (Phi) is 4.22. The van der Waals surface area contributed by atoms with Crippen molar-refractivity contribution in [3.8, 4) is 0 Å². The fraction of sp³-hybridized carbons (Fsp3) is 0.444. The smallest absolute Gasteiger partial charge is 0.379 e. The molecule has 0 amide bonds. The summed E-state index contributed by atoms with van der Waals surface area (Å²) in [5, 5.41) is 10.7. The largest absolute Gasteiger partial charge is 0.461 e. The van der Waals surface area contributed by atoms with Crippen molar-refractivity contribution in [1.29, 1.82) is 0 Å². The number of carbonyl (C=O) groups is 2. The molecule has 122 valence electrons. The predicted molar refractivity (Wildman–Crippen MR) is 82.4 cm³/mol. The number of Topliss-reactive ketones (excluding diaryl/α,β-unsaturated/α-hetero) is 1. The number of hydrogen-bond acceptors (Lipinski definition) is 5. The third-order valence-corrected chi connectivity index (χ3v) is 4.33. The summed E-state index contributed by atoms with van der Waals surface area (Å²) < 4.78 is 10.5. The first kappa shape index (κ1) is 15.7. The Morgan fingerprint density at radius 1 is 1.35 bits per heavy atom. The van der Waals surface area contributed by atoms with Crippen LogP contribution in [0.3, 0.4) is 0 Å². The van der Waals surface area contributed by atoms with Gasteiger partial charge in [-0.3, -0.25) is 4.79 Å². The highest BCUT2D eigenvalue weighted by atomic mass is 16.7. The van der Waals surface area contributed by atoms with Crippen molar-refractivity contribution in [3.05, 3.63) is 47.2 Å². The highest BCUT2D eigenvalue weighted by molar-refractivity contribution is 5.98. The second kappa shape index (κ2) is 6.16. The predicted octanol–water partition coefficient (Wildman–Crippen LogP) is 2.45. The normalized spacial score (nSPS) is 27.2. The zero-order valence-corrected chi connectivity index (χ0v) is 13.1. The van der Waals surface area contributed by atoms with Gasteiger partial charge in [0.1, 0.15) is 5.76 Å². The summed E-state index contributed by atoms with van der Waals surface area (Å²) in [4.78, 5) is 24.5. The molecule has 0 spiro atoms. The summed E-state index contributed by atoms with van der Waals surface area (Å²) in [5.74, 6) is -2.73. The Morgan fingerprint density at radius 2 is 2.09 bits per heavy atom. The van der Waals surface area contributed by atoms with Crippen LogP contribution >= 0.6 is 0 Å². The minimum absolute atomic E-state index is 0.0135. The molecule has 0 fully saturated rings. The Morgan fingerprint density at radius 3 is 2.78 bits per heavy atom. The van der Waals surface area contributed by atoms with E-state index in [1.807, 2.05) is 30.3 Å². The van der Waals surface area contributed by atoms with Crippen molar-refractivity contribution in [2.45, 2.75) is 44.3 Å². The topological polar surface area (TPSA) is 72.8 Å². The van der Waals surface area contributed by atoms with Gasteiger partial charge >= 0.3 is 11.8 Å². The van der Waals surface area contributed by atoms with E-state index in [-0.39, 0.29) is 24.7 Å². The third kappa shape index (κ3) is 2.88. The van der Waals surface area contributed by atoms with Crippen molar-refractivity contribution in [2.75, 3.05) is 6.61 Å². The molecule has 1 aliphatic carbocycles. The molecule has 0 aromatic heterocycles. The summed E-state index contributed by atoms with van der Waals surface area (Å²) in [6.45, 7) is 1.83. The van der Waals surface area contributed by atoms with Gasteiger partial charge in [-0.05, 0) is 18.9 Å². The molecule has 1 unspecified atom stereocenters. The first-order chi connectivity index (χ1) is 11.0. The van der Waals surface area contributed by atoms with Crippen molar-refractivity contribution < 1.29 is 24.2 Å². The zero-order valence-electron chi connectivity index (χ0n) is 13.1. The van der Waals surface area contributed by atoms with Crippen molar-refractivity contribution in [1.82, 2.24) is 0 Å². The summed E-state index contributed by atoms with van der Waals surface area (Å²) in [5.41, 5.74) is 1.48. The summed E-state index contributed by atoms with van der Waals surface area (Å²) in [6.07, 6.45) is 1.67. The van der Waals surface area contributed by atoms with Crippen molar-refractivity contribution >= 4 is 11.8 Å². The minimum atomic E-state index is -2.03. The fourth-order valence-corrected chi connectivity index (χ4v) is 3.29. The Hall–Kier alpha value is -2.14. The number of rotatable bonds is 3. The minimum Gasteiger partial charge on any atom is -0.461 e. The van der Waals surface area contributed by atoms with Crippen LogP contribution in [0.25, 0.3) is 0 Å². The molecule has 23 heavy (non-hydrogen) atoms. The lowest BCUT2D eigenvalue weighted by Crippen LogP contribution is -2.48. The molecule has 0 bridgehead atoms. The molecule has 1 aromatic rings. The van der Waals surface area contributed by atoms with Gasteiger partial charge in [0.05, 0.1) is 6.61 Å². The summed E-state index contributed by atoms with van der Waals surface area (Å²) in [6, 6.07) is 9.43. The molecule has 0 saturated heterocycles. The van der Waals surface area contributed by atoms with Gasteiger partial charge in [-0.2, -0.15) is 0 Å². The lowest BCUT2D eigenvalue weighted by atomic mass is 9.77. The molecule has 1 N–H and O–H groups in total. The number of ether oxygens (including phenoxy) is 2. The van der Waals surface area contributed by atoms with Crippen LogP contribution in [0, 0.1) is 0 Å². The Labute approximate surface area is 134 Å². The highest BCUT2D eigenvalue weighted by Crippen LogP contribution is 2.45. The number of aliphatic hydroxyl groups is 1. The van der Waals surface area contributed by atoms with E-state index in [9.17, 15) is 14.7 Å². The maximum atomic E-state index is 12.4. The molecule has 5 heteroatoms. The molecule has 5 nitrogen and oxygen atoms in total. The first-order valence-corrected chi connectivity index (χ1v) is 7.95. The van der Waals surface area contributed by atoms with E-state index in [2.05, 4.69) is 0 Å².